The number of aromatic amines is 1. The summed E-state index contributed by atoms with van der Waals surface area (Å²) in [5.74, 6) is -1.84. The number of aromatic nitrogens is 1. The number of carboxylic acids is 1. The van der Waals surface area contributed by atoms with E-state index in [0.29, 0.717) is 0 Å². The number of pyridine rings is 1. The molecule has 3 N–H and O–H groups in total. The Hall–Kier alpha value is -1.67. The molecule has 0 saturated heterocycles. The van der Waals surface area contributed by atoms with Gasteiger partial charge in [-0.3, -0.25) is 9.59 Å². The molecule has 1 aromatic heterocycles. The van der Waals surface area contributed by atoms with E-state index in [1.165, 1.54) is 26.3 Å². The van der Waals surface area contributed by atoms with Gasteiger partial charge in [0.05, 0.1) is 16.6 Å². The lowest BCUT2D eigenvalue weighted by molar-refractivity contribution is -0.145. The molecule has 19 heavy (non-hydrogen) atoms. The number of carbonyl (C=O) groups is 2. The molecule has 1 unspecified atom stereocenters. The normalized spacial score (nSPS) is 13.6. The largest absolute Gasteiger partial charge is 0.479 e. The summed E-state index contributed by atoms with van der Waals surface area (Å²) in [6.45, 7) is 1.15. The maximum absolute atomic E-state index is 11.9. The lowest BCUT2D eigenvalue weighted by Crippen LogP contribution is -2.55. The standard InChI is InChI=1S/C11H13BrN2O5/c1-11(5-19-2,10(17)18)14-8(15)6-3-7(12)9(16)13-4-6/h3-4H,5H2,1-2H3,(H,13,16)(H,14,15)(H,17,18). The number of carbonyl (C=O) groups excluding carboxylic acids is 1. The molecule has 1 aromatic rings. The number of aliphatic carboxylic acids is 1. The van der Waals surface area contributed by atoms with Crippen molar-refractivity contribution >= 4 is 27.8 Å². The predicted molar refractivity (Wildman–Crippen MR) is 70.1 cm³/mol. The number of ether oxygens (including phenoxy) is 1. The van der Waals surface area contributed by atoms with E-state index in [0.717, 1.165) is 0 Å². The van der Waals surface area contributed by atoms with Gasteiger partial charge in [0.2, 0.25) is 0 Å². The lowest BCUT2D eigenvalue weighted by atomic mass is 10.0. The van der Waals surface area contributed by atoms with Crippen molar-refractivity contribution in [1.29, 1.82) is 0 Å². The highest BCUT2D eigenvalue weighted by Gasteiger charge is 2.35. The average molecular weight is 333 g/mol. The molecular weight excluding hydrogens is 320 g/mol. The van der Waals surface area contributed by atoms with E-state index in [4.69, 9.17) is 9.84 Å². The molecule has 0 radical (unpaired) electrons. The third kappa shape index (κ3) is 3.65. The molecule has 8 heteroatoms. The molecule has 1 atom stereocenters. The minimum absolute atomic E-state index is 0.134. The Morgan fingerprint density at radius 3 is 2.68 bits per heavy atom. The van der Waals surface area contributed by atoms with Crippen LogP contribution in [0.15, 0.2) is 21.5 Å². The molecule has 0 bridgehead atoms. The fraction of sp³-hybridized carbons (Fsp3) is 0.364. The van der Waals surface area contributed by atoms with Crippen molar-refractivity contribution in [2.24, 2.45) is 0 Å². The third-order valence-corrected chi connectivity index (χ3v) is 3.00. The molecule has 0 spiro atoms. The van der Waals surface area contributed by atoms with Crippen LogP contribution >= 0.6 is 15.9 Å². The van der Waals surface area contributed by atoms with Gasteiger partial charge in [0.1, 0.15) is 0 Å². The van der Waals surface area contributed by atoms with E-state index in [9.17, 15) is 14.4 Å². The highest BCUT2D eigenvalue weighted by atomic mass is 79.9. The molecule has 0 aromatic carbocycles. The minimum atomic E-state index is -1.55. The number of nitrogens with one attached hydrogen (secondary N) is 2. The first-order chi connectivity index (χ1) is 8.80. The Bertz CT molecular complexity index is 556. The van der Waals surface area contributed by atoms with Crippen LogP contribution < -0.4 is 10.9 Å². The van der Waals surface area contributed by atoms with Crippen LogP contribution in [0, 0.1) is 0 Å². The zero-order valence-corrected chi connectivity index (χ0v) is 11.9. The highest BCUT2D eigenvalue weighted by Crippen LogP contribution is 2.09. The van der Waals surface area contributed by atoms with E-state index in [2.05, 4.69) is 26.2 Å². The second kappa shape index (κ2) is 5.98. The van der Waals surface area contributed by atoms with Crippen molar-refractivity contribution in [3.05, 3.63) is 32.7 Å². The molecule has 0 fully saturated rings. The Kier molecular flexibility index (Phi) is 4.84. The number of halogens is 1. The van der Waals surface area contributed by atoms with Crippen LogP contribution in [-0.2, 0) is 9.53 Å². The van der Waals surface area contributed by atoms with E-state index < -0.39 is 17.4 Å². The average Bonchev–Trinajstić information content (AvgIpc) is 2.32. The molecule has 104 valence electrons. The van der Waals surface area contributed by atoms with Gasteiger partial charge < -0.3 is 20.1 Å². The Balaban J connectivity index is 2.97. The van der Waals surface area contributed by atoms with Gasteiger partial charge in [0, 0.05) is 13.3 Å². The van der Waals surface area contributed by atoms with Crippen LogP contribution in [0.4, 0.5) is 0 Å². The van der Waals surface area contributed by atoms with Crippen LogP contribution in [0.25, 0.3) is 0 Å². The summed E-state index contributed by atoms with van der Waals surface area (Å²) in [5.41, 5.74) is -1.79. The summed E-state index contributed by atoms with van der Waals surface area (Å²) in [4.78, 5) is 36.6. The van der Waals surface area contributed by atoms with Gasteiger partial charge in [-0.15, -0.1) is 0 Å². The number of rotatable bonds is 5. The third-order valence-electron chi connectivity index (χ3n) is 2.41. The van der Waals surface area contributed by atoms with Crippen LogP contribution in [0.5, 0.6) is 0 Å². The van der Waals surface area contributed by atoms with Crippen molar-refractivity contribution in [3.8, 4) is 0 Å². The lowest BCUT2D eigenvalue weighted by Gasteiger charge is -2.25. The summed E-state index contributed by atoms with van der Waals surface area (Å²) in [6.07, 6.45) is 1.21. The number of carboxylic acid groups (broad SMARTS) is 1. The molecule has 1 heterocycles. The van der Waals surface area contributed by atoms with Crippen LogP contribution in [-0.4, -0.2) is 41.2 Å². The fourth-order valence-electron chi connectivity index (χ4n) is 1.35. The molecule has 0 saturated carbocycles. The molecule has 0 aliphatic heterocycles. The van der Waals surface area contributed by atoms with Crippen molar-refractivity contribution in [1.82, 2.24) is 10.3 Å². The second-order valence-electron chi connectivity index (χ2n) is 4.09. The SMILES string of the molecule is COCC(C)(NC(=O)c1c[nH]c(=O)c(Br)c1)C(=O)O. The van der Waals surface area contributed by atoms with Crippen molar-refractivity contribution in [3.63, 3.8) is 0 Å². The summed E-state index contributed by atoms with van der Waals surface area (Å²) in [7, 11) is 1.34. The summed E-state index contributed by atoms with van der Waals surface area (Å²) in [6, 6.07) is 1.31. The highest BCUT2D eigenvalue weighted by molar-refractivity contribution is 9.10. The molecule has 0 aliphatic rings. The van der Waals surface area contributed by atoms with Crippen LogP contribution in [0.2, 0.25) is 0 Å². The first kappa shape index (κ1) is 15.4. The van der Waals surface area contributed by atoms with E-state index in [-0.39, 0.29) is 22.2 Å². The Labute approximate surface area is 117 Å². The maximum atomic E-state index is 11.9. The predicted octanol–water partition coefficient (Wildman–Crippen LogP) is 0.357. The van der Waals surface area contributed by atoms with Gasteiger partial charge in [-0.2, -0.15) is 0 Å². The van der Waals surface area contributed by atoms with Crippen molar-refractivity contribution in [2.75, 3.05) is 13.7 Å². The van der Waals surface area contributed by atoms with E-state index >= 15 is 0 Å². The molecule has 7 nitrogen and oxygen atoms in total. The Morgan fingerprint density at radius 2 is 2.21 bits per heavy atom. The quantitative estimate of drug-likeness (QED) is 0.721. The number of amides is 1. The summed E-state index contributed by atoms with van der Waals surface area (Å²) >= 11 is 2.99. The Morgan fingerprint density at radius 1 is 1.58 bits per heavy atom. The second-order valence-corrected chi connectivity index (χ2v) is 4.94. The zero-order chi connectivity index (χ0) is 14.6. The van der Waals surface area contributed by atoms with Gasteiger partial charge >= 0.3 is 5.97 Å². The van der Waals surface area contributed by atoms with Crippen LogP contribution in [0.3, 0.4) is 0 Å². The topological polar surface area (TPSA) is 108 Å². The molecule has 1 amide bonds. The summed E-state index contributed by atoms with van der Waals surface area (Å²) < 4.78 is 4.97. The molecule has 0 aliphatic carbocycles. The monoisotopic (exact) mass is 332 g/mol. The molecule has 1 rings (SSSR count). The maximum Gasteiger partial charge on any atom is 0.331 e. The van der Waals surface area contributed by atoms with Gasteiger partial charge in [-0.25, -0.2) is 4.79 Å². The molecular formula is C11H13BrN2O5. The van der Waals surface area contributed by atoms with E-state index in [1.807, 2.05) is 0 Å². The number of hydrogen-bond donors (Lipinski definition) is 3. The van der Waals surface area contributed by atoms with E-state index in [1.54, 1.807) is 0 Å². The zero-order valence-electron chi connectivity index (χ0n) is 10.3. The number of hydrogen-bond acceptors (Lipinski definition) is 4. The smallest absolute Gasteiger partial charge is 0.331 e. The van der Waals surface area contributed by atoms with Gasteiger partial charge in [-0.05, 0) is 28.9 Å². The van der Waals surface area contributed by atoms with Gasteiger partial charge in [-0.1, -0.05) is 0 Å². The minimum Gasteiger partial charge on any atom is -0.479 e. The first-order valence-corrected chi connectivity index (χ1v) is 6.02. The van der Waals surface area contributed by atoms with Crippen LogP contribution in [0.1, 0.15) is 17.3 Å². The number of methoxy groups -OCH3 is 1. The first-order valence-electron chi connectivity index (χ1n) is 5.23. The van der Waals surface area contributed by atoms with Gasteiger partial charge in [0.15, 0.2) is 5.54 Å². The van der Waals surface area contributed by atoms with Crippen molar-refractivity contribution in [2.45, 2.75) is 12.5 Å². The van der Waals surface area contributed by atoms with Crippen molar-refractivity contribution < 1.29 is 19.4 Å². The fourth-order valence-corrected chi connectivity index (χ4v) is 1.71. The summed E-state index contributed by atoms with van der Waals surface area (Å²) in [5, 5.41) is 11.4. The number of H-pyrrole nitrogens is 1. The van der Waals surface area contributed by atoms with Gasteiger partial charge in [0.25, 0.3) is 11.5 Å².